The lowest BCUT2D eigenvalue weighted by molar-refractivity contribution is 0.306. The van der Waals surface area contributed by atoms with Crippen LogP contribution in [0.1, 0.15) is 12.5 Å². The summed E-state index contributed by atoms with van der Waals surface area (Å²) in [4.78, 5) is 4.20. The number of nitrogens with zero attached hydrogens (tertiary/aromatic N) is 1. The van der Waals surface area contributed by atoms with E-state index in [1.165, 1.54) is 5.56 Å². The third-order valence-electron chi connectivity index (χ3n) is 2.33. The van der Waals surface area contributed by atoms with E-state index >= 15 is 0 Å². The van der Waals surface area contributed by atoms with Crippen LogP contribution in [-0.4, -0.2) is 37.3 Å². The number of aliphatic hydroxyl groups is 1. The molecule has 0 saturated heterocycles. The molecule has 0 fully saturated rings. The summed E-state index contributed by atoms with van der Waals surface area (Å²) in [5.74, 6) is 0.737. The zero-order valence-corrected chi connectivity index (χ0v) is 11.4. The third-order valence-corrected chi connectivity index (χ3v) is 2.59. The lowest BCUT2D eigenvalue weighted by Crippen LogP contribution is -2.38. The molecule has 3 N–H and O–H groups in total. The number of halogens is 1. The first-order chi connectivity index (χ1) is 8.76. The van der Waals surface area contributed by atoms with Crippen molar-refractivity contribution < 1.29 is 5.11 Å². The molecule has 4 nitrogen and oxygen atoms in total. The van der Waals surface area contributed by atoms with Crippen molar-refractivity contribution in [1.82, 2.24) is 10.6 Å². The summed E-state index contributed by atoms with van der Waals surface area (Å²) in [6.07, 6.45) is 0.903. The Bertz CT molecular complexity index is 365. The summed E-state index contributed by atoms with van der Waals surface area (Å²) in [7, 11) is 0. The SMILES string of the molecule is CCNC(=NCCO)NCCc1ccc(Cl)cc1. The largest absolute Gasteiger partial charge is 0.394 e. The Balaban J connectivity index is 2.36. The minimum absolute atomic E-state index is 0.0633. The van der Waals surface area contributed by atoms with E-state index < -0.39 is 0 Å². The van der Waals surface area contributed by atoms with Crippen molar-refractivity contribution in [1.29, 1.82) is 0 Å². The van der Waals surface area contributed by atoms with E-state index in [1.807, 2.05) is 31.2 Å². The standard InChI is InChI=1S/C13H20ClN3O/c1-2-15-13(17-9-10-18)16-8-7-11-3-5-12(14)6-4-11/h3-6,18H,2,7-10H2,1H3,(H2,15,16,17). The van der Waals surface area contributed by atoms with Crippen molar-refractivity contribution in [3.8, 4) is 0 Å². The van der Waals surface area contributed by atoms with E-state index in [4.69, 9.17) is 16.7 Å². The molecular weight excluding hydrogens is 250 g/mol. The first-order valence-corrected chi connectivity index (χ1v) is 6.51. The highest BCUT2D eigenvalue weighted by molar-refractivity contribution is 6.30. The van der Waals surface area contributed by atoms with E-state index in [2.05, 4.69) is 15.6 Å². The van der Waals surface area contributed by atoms with Crippen LogP contribution in [0.5, 0.6) is 0 Å². The quantitative estimate of drug-likeness (QED) is 0.541. The Labute approximate surface area is 113 Å². The molecule has 0 aliphatic heterocycles. The maximum atomic E-state index is 8.74. The Morgan fingerprint density at radius 1 is 1.28 bits per heavy atom. The molecule has 0 heterocycles. The molecule has 0 aromatic heterocycles. The summed E-state index contributed by atoms with van der Waals surface area (Å²) in [5, 5.41) is 15.8. The molecule has 100 valence electrons. The number of aliphatic imine (C=N–C) groups is 1. The van der Waals surface area contributed by atoms with Gasteiger partial charge in [-0.3, -0.25) is 4.99 Å². The van der Waals surface area contributed by atoms with Crippen LogP contribution in [0.4, 0.5) is 0 Å². The van der Waals surface area contributed by atoms with Crippen LogP contribution in [0.25, 0.3) is 0 Å². The highest BCUT2D eigenvalue weighted by Gasteiger charge is 1.97. The van der Waals surface area contributed by atoms with Gasteiger partial charge in [-0.1, -0.05) is 23.7 Å². The van der Waals surface area contributed by atoms with Crippen LogP contribution in [0.15, 0.2) is 29.3 Å². The first-order valence-electron chi connectivity index (χ1n) is 6.13. The van der Waals surface area contributed by atoms with Gasteiger partial charge in [0, 0.05) is 18.1 Å². The molecule has 1 rings (SSSR count). The normalized spacial score (nSPS) is 11.4. The smallest absolute Gasteiger partial charge is 0.191 e. The van der Waals surface area contributed by atoms with Crippen LogP contribution in [0.3, 0.4) is 0 Å². The van der Waals surface area contributed by atoms with Crippen LogP contribution >= 0.6 is 11.6 Å². The molecule has 0 aliphatic rings. The molecule has 5 heteroatoms. The van der Waals surface area contributed by atoms with Crippen LogP contribution in [0, 0.1) is 0 Å². The minimum Gasteiger partial charge on any atom is -0.394 e. The number of aliphatic hydroxyl groups excluding tert-OH is 1. The second-order valence-corrected chi connectivity index (χ2v) is 4.22. The van der Waals surface area contributed by atoms with Crippen molar-refractivity contribution in [3.05, 3.63) is 34.9 Å². The lowest BCUT2D eigenvalue weighted by Gasteiger charge is -2.10. The van der Waals surface area contributed by atoms with E-state index in [-0.39, 0.29) is 6.61 Å². The lowest BCUT2D eigenvalue weighted by atomic mass is 10.1. The number of guanidine groups is 1. The van der Waals surface area contributed by atoms with Gasteiger partial charge in [-0.2, -0.15) is 0 Å². The molecule has 0 atom stereocenters. The van der Waals surface area contributed by atoms with Crippen molar-refractivity contribution in [2.75, 3.05) is 26.2 Å². The van der Waals surface area contributed by atoms with Crippen molar-refractivity contribution in [3.63, 3.8) is 0 Å². The molecule has 0 saturated carbocycles. The highest BCUT2D eigenvalue weighted by Crippen LogP contribution is 2.09. The van der Waals surface area contributed by atoms with Crippen molar-refractivity contribution >= 4 is 17.6 Å². The van der Waals surface area contributed by atoms with Gasteiger partial charge in [-0.15, -0.1) is 0 Å². The van der Waals surface area contributed by atoms with Gasteiger partial charge < -0.3 is 15.7 Å². The maximum Gasteiger partial charge on any atom is 0.191 e. The Morgan fingerprint density at radius 2 is 2.00 bits per heavy atom. The second kappa shape index (κ2) is 8.78. The Kier molecular flexibility index (Phi) is 7.22. The van der Waals surface area contributed by atoms with Gasteiger partial charge in [0.2, 0.25) is 0 Å². The average molecular weight is 270 g/mol. The number of benzene rings is 1. The molecule has 0 radical (unpaired) electrons. The number of hydrogen-bond acceptors (Lipinski definition) is 2. The Hall–Kier alpha value is -1.26. The topological polar surface area (TPSA) is 56.7 Å². The predicted molar refractivity (Wildman–Crippen MR) is 76.2 cm³/mol. The molecular formula is C13H20ClN3O. The summed E-state index contributed by atoms with van der Waals surface area (Å²) in [5.41, 5.74) is 1.23. The summed E-state index contributed by atoms with van der Waals surface area (Å²) >= 11 is 5.83. The summed E-state index contributed by atoms with van der Waals surface area (Å²) in [6.45, 7) is 4.08. The van der Waals surface area contributed by atoms with Crippen molar-refractivity contribution in [2.24, 2.45) is 4.99 Å². The van der Waals surface area contributed by atoms with Gasteiger partial charge in [0.05, 0.1) is 13.2 Å². The number of rotatable bonds is 6. The summed E-state index contributed by atoms with van der Waals surface area (Å²) in [6, 6.07) is 7.81. The molecule has 1 aromatic rings. The number of nitrogens with one attached hydrogen (secondary N) is 2. The molecule has 0 spiro atoms. The zero-order chi connectivity index (χ0) is 13.2. The van der Waals surface area contributed by atoms with E-state index in [0.29, 0.717) is 6.54 Å². The van der Waals surface area contributed by atoms with Crippen molar-refractivity contribution in [2.45, 2.75) is 13.3 Å². The minimum atomic E-state index is 0.0633. The van der Waals surface area contributed by atoms with E-state index in [9.17, 15) is 0 Å². The second-order valence-electron chi connectivity index (χ2n) is 3.79. The number of hydrogen-bond donors (Lipinski definition) is 3. The monoisotopic (exact) mass is 269 g/mol. The van der Waals surface area contributed by atoms with Gasteiger partial charge in [-0.25, -0.2) is 0 Å². The van der Waals surface area contributed by atoms with Gasteiger partial charge in [-0.05, 0) is 31.0 Å². The summed E-state index contributed by atoms with van der Waals surface area (Å²) < 4.78 is 0. The highest BCUT2D eigenvalue weighted by atomic mass is 35.5. The fourth-order valence-electron chi connectivity index (χ4n) is 1.48. The molecule has 18 heavy (non-hydrogen) atoms. The third kappa shape index (κ3) is 5.89. The van der Waals surface area contributed by atoms with Crippen LogP contribution < -0.4 is 10.6 Å². The average Bonchev–Trinajstić information content (AvgIpc) is 2.38. The fraction of sp³-hybridized carbons (Fsp3) is 0.462. The molecule has 0 unspecified atom stereocenters. The van der Waals surface area contributed by atoms with E-state index in [0.717, 1.165) is 30.5 Å². The molecule has 0 amide bonds. The van der Waals surface area contributed by atoms with Crippen LogP contribution in [-0.2, 0) is 6.42 Å². The molecule has 1 aromatic carbocycles. The zero-order valence-electron chi connectivity index (χ0n) is 10.6. The van der Waals surface area contributed by atoms with Gasteiger partial charge in [0.1, 0.15) is 0 Å². The molecule has 0 bridgehead atoms. The van der Waals surface area contributed by atoms with Gasteiger partial charge in [0.25, 0.3) is 0 Å². The van der Waals surface area contributed by atoms with Gasteiger partial charge in [0.15, 0.2) is 5.96 Å². The Morgan fingerprint density at radius 3 is 2.61 bits per heavy atom. The van der Waals surface area contributed by atoms with Crippen LogP contribution in [0.2, 0.25) is 5.02 Å². The molecule has 0 aliphatic carbocycles. The fourth-order valence-corrected chi connectivity index (χ4v) is 1.61. The predicted octanol–water partition coefficient (Wildman–Crippen LogP) is 1.43. The first kappa shape index (κ1) is 14.8. The van der Waals surface area contributed by atoms with Gasteiger partial charge >= 0.3 is 0 Å². The van der Waals surface area contributed by atoms with E-state index in [1.54, 1.807) is 0 Å². The maximum absolute atomic E-state index is 8.74.